The van der Waals surface area contributed by atoms with Crippen LogP contribution in [0.4, 0.5) is 5.69 Å². The van der Waals surface area contributed by atoms with Crippen LogP contribution in [0.15, 0.2) is 59.2 Å². The van der Waals surface area contributed by atoms with E-state index in [2.05, 4.69) is 31.5 Å². The van der Waals surface area contributed by atoms with Gasteiger partial charge in [-0.1, -0.05) is 34.1 Å². The lowest BCUT2D eigenvalue weighted by atomic mass is 10.0. The Kier molecular flexibility index (Phi) is 6.13. The molecule has 3 rings (SSSR count). The monoisotopic (exact) mass is 429 g/mol. The molecule has 0 saturated carbocycles. The molecule has 1 heterocycles. The first-order chi connectivity index (χ1) is 13.1. The number of halogens is 1. The maximum atomic E-state index is 12.3. The molecule has 140 valence electrons. The molecule has 3 aromatic rings. The van der Waals surface area contributed by atoms with E-state index in [1.54, 1.807) is 0 Å². The molecule has 0 bridgehead atoms. The van der Waals surface area contributed by atoms with Crippen molar-refractivity contribution in [3.63, 3.8) is 0 Å². The summed E-state index contributed by atoms with van der Waals surface area (Å²) in [4.78, 5) is 27.6. The number of hydrogen-bond acceptors (Lipinski definition) is 4. The molecule has 0 fully saturated rings. The van der Waals surface area contributed by atoms with E-state index < -0.39 is 12.0 Å². The Morgan fingerprint density at radius 1 is 1.15 bits per heavy atom. The maximum Gasteiger partial charge on any atom is 0.328 e. The number of hydrogen-bond donors (Lipinski definition) is 3. The number of H-pyrrole nitrogens is 1. The predicted octanol–water partition coefficient (Wildman–Crippen LogP) is 3.24. The van der Waals surface area contributed by atoms with Crippen molar-refractivity contribution in [2.45, 2.75) is 12.5 Å². The Bertz CT molecular complexity index is 937. The second-order valence-corrected chi connectivity index (χ2v) is 6.98. The van der Waals surface area contributed by atoms with Crippen LogP contribution in [-0.2, 0) is 20.7 Å². The van der Waals surface area contributed by atoms with Gasteiger partial charge in [-0.15, -0.1) is 0 Å². The topological polar surface area (TPSA) is 83.2 Å². The summed E-state index contributed by atoms with van der Waals surface area (Å²) in [5, 5.41) is 6.81. The SMILES string of the molecule is COC(=O)C(Cc1c[nH]c2ccccc12)NC(=O)CNc1ccc(Br)cc1. The highest BCUT2D eigenvalue weighted by Gasteiger charge is 2.23. The first-order valence-corrected chi connectivity index (χ1v) is 9.27. The van der Waals surface area contributed by atoms with Crippen LogP contribution in [0.25, 0.3) is 10.9 Å². The van der Waals surface area contributed by atoms with Crippen LogP contribution in [0.2, 0.25) is 0 Å². The zero-order valence-corrected chi connectivity index (χ0v) is 16.4. The molecule has 0 saturated heterocycles. The molecule has 27 heavy (non-hydrogen) atoms. The third-order valence-corrected chi connectivity index (χ3v) is 4.75. The summed E-state index contributed by atoms with van der Waals surface area (Å²) in [7, 11) is 1.32. The molecule has 0 aliphatic rings. The minimum Gasteiger partial charge on any atom is -0.467 e. The molecule has 3 N–H and O–H groups in total. The minimum atomic E-state index is -0.756. The number of anilines is 1. The van der Waals surface area contributed by atoms with Crippen molar-refractivity contribution in [3.8, 4) is 0 Å². The number of esters is 1. The number of amides is 1. The lowest BCUT2D eigenvalue weighted by Gasteiger charge is -2.17. The van der Waals surface area contributed by atoms with Crippen LogP contribution < -0.4 is 10.6 Å². The first kappa shape index (κ1) is 19.0. The normalized spacial score (nSPS) is 11.8. The maximum absolute atomic E-state index is 12.3. The molecule has 2 aromatic carbocycles. The minimum absolute atomic E-state index is 0.0585. The van der Waals surface area contributed by atoms with Crippen molar-refractivity contribution >= 4 is 44.4 Å². The highest BCUT2D eigenvalue weighted by Crippen LogP contribution is 2.19. The number of ether oxygens (including phenoxy) is 1. The summed E-state index contributed by atoms with van der Waals surface area (Å²) in [5.41, 5.74) is 2.75. The molecule has 6 nitrogen and oxygen atoms in total. The summed E-state index contributed by atoms with van der Waals surface area (Å²) in [5.74, 6) is -0.759. The van der Waals surface area contributed by atoms with Crippen molar-refractivity contribution in [2.75, 3.05) is 19.0 Å². The molecule has 0 spiro atoms. The number of aromatic amines is 1. The molecule has 1 aromatic heterocycles. The van der Waals surface area contributed by atoms with Gasteiger partial charge in [0.05, 0.1) is 13.7 Å². The van der Waals surface area contributed by atoms with Crippen LogP contribution in [0.5, 0.6) is 0 Å². The Morgan fingerprint density at radius 3 is 2.63 bits per heavy atom. The predicted molar refractivity (Wildman–Crippen MR) is 109 cm³/mol. The van der Waals surface area contributed by atoms with Gasteiger partial charge in [0.25, 0.3) is 0 Å². The number of methoxy groups -OCH3 is 1. The third-order valence-electron chi connectivity index (χ3n) is 4.22. The van der Waals surface area contributed by atoms with Crippen LogP contribution in [0, 0.1) is 0 Å². The zero-order chi connectivity index (χ0) is 19.2. The molecule has 7 heteroatoms. The van der Waals surface area contributed by atoms with Crippen LogP contribution >= 0.6 is 15.9 Å². The molecule has 1 atom stereocenters. The van der Waals surface area contributed by atoms with Crippen LogP contribution in [-0.4, -0.2) is 36.6 Å². The van der Waals surface area contributed by atoms with Crippen molar-refractivity contribution in [2.24, 2.45) is 0 Å². The Labute approximate surface area is 165 Å². The second kappa shape index (κ2) is 8.73. The molecule has 0 aliphatic carbocycles. The Hall–Kier alpha value is -2.80. The van der Waals surface area contributed by atoms with Crippen LogP contribution in [0.1, 0.15) is 5.56 Å². The van der Waals surface area contributed by atoms with Crippen LogP contribution in [0.3, 0.4) is 0 Å². The van der Waals surface area contributed by atoms with Gasteiger partial charge in [-0.05, 0) is 35.9 Å². The van der Waals surface area contributed by atoms with Gasteiger partial charge in [0.15, 0.2) is 0 Å². The summed E-state index contributed by atoms with van der Waals surface area (Å²) in [6, 6.07) is 14.6. The van der Waals surface area contributed by atoms with E-state index in [9.17, 15) is 9.59 Å². The second-order valence-electron chi connectivity index (χ2n) is 6.07. The van der Waals surface area contributed by atoms with Crippen molar-refractivity contribution < 1.29 is 14.3 Å². The molecule has 0 radical (unpaired) electrons. The van der Waals surface area contributed by atoms with E-state index in [0.717, 1.165) is 26.6 Å². The lowest BCUT2D eigenvalue weighted by molar-refractivity contribution is -0.144. The molecular weight excluding hydrogens is 410 g/mol. The highest BCUT2D eigenvalue weighted by molar-refractivity contribution is 9.10. The number of fused-ring (bicyclic) bond motifs is 1. The zero-order valence-electron chi connectivity index (χ0n) is 14.8. The van der Waals surface area contributed by atoms with Gasteiger partial charge < -0.3 is 20.4 Å². The van der Waals surface area contributed by atoms with Gasteiger partial charge in [0.1, 0.15) is 6.04 Å². The number of nitrogens with one attached hydrogen (secondary N) is 3. The fourth-order valence-corrected chi connectivity index (χ4v) is 3.12. The largest absolute Gasteiger partial charge is 0.467 e. The van der Waals surface area contributed by atoms with Gasteiger partial charge in [-0.2, -0.15) is 0 Å². The van der Waals surface area contributed by atoms with Gasteiger partial charge in [0, 0.05) is 33.7 Å². The molecule has 1 unspecified atom stereocenters. The van der Waals surface area contributed by atoms with E-state index >= 15 is 0 Å². The summed E-state index contributed by atoms with van der Waals surface area (Å²) >= 11 is 3.37. The van der Waals surface area contributed by atoms with Crippen molar-refractivity contribution in [1.29, 1.82) is 0 Å². The summed E-state index contributed by atoms with van der Waals surface area (Å²) in [6.45, 7) is 0.0585. The summed E-state index contributed by atoms with van der Waals surface area (Å²) < 4.78 is 5.82. The smallest absolute Gasteiger partial charge is 0.328 e. The van der Waals surface area contributed by atoms with Crippen molar-refractivity contribution in [3.05, 3.63) is 64.8 Å². The van der Waals surface area contributed by atoms with Gasteiger partial charge in [-0.25, -0.2) is 4.79 Å². The lowest BCUT2D eigenvalue weighted by Crippen LogP contribution is -2.45. The third kappa shape index (κ3) is 4.89. The van der Waals surface area contributed by atoms with E-state index in [0.29, 0.717) is 6.42 Å². The van der Waals surface area contributed by atoms with Gasteiger partial charge in [0.2, 0.25) is 5.91 Å². The number of carbonyl (C=O) groups is 2. The fraction of sp³-hybridized carbons (Fsp3) is 0.200. The van der Waals surface area contributed by atoms with Gasteiger partial charge >= 0.3 is 5.97 Å². The standard InChI is InChI=1S/C20H20BrN3O3/c1-27-20(26)18(10-13-11-23-17-5-3-2-4-16(13)17)24-19(25)12-22-15-8-6-14(21)7-9-15/h2-9,11,18,22-23H,10,12H2,1H3,(H,24,25). The average molecular weight is 430 g/mol. The van der Waals surface area contributed by atoms with Crippen molar-refractivity contribution in [1.82, 2.24) is 10.3 Å². The molecule has 0 aliphatic heterocycles. The quantitative estimate of drug-likeness (QED) is 0.503. The number of carbonyl (C=O) groups excluding carboxylic acids is 2. The van der Waals surface area contributed by atoms with E-state index in [4.69, 9.17) is 4.74 Å². The number of rotatable bonds is 7. The molecule has 1 amide bonds. The Balaban J connectivity index is 1.65. The molecular formula is C20H20BrN3O3. The van der Waals surface area contributed by atoms with E-state index in [1.165, 1.54) is 7.11 Å². The highest BCUT2D eigenvalue weighted by atomic mass is 79.9. The number of para-hydroxylation sites is 1. The fourth-order valence-electron chi connectivity index (χ4n) is 2.85. The van der Waals surface area contributed by atoms with E-state index in [-0.39, 0.29) is 12.5 Å². The average Bonchev–Trinajstić information content (AvgIpc) is 3.09. The summed E-state index contributed by atoms with van der Waals surface area (Å²) in [6.07, 6.45) is 2.20. The van der Waals surface area contributed by atoms with Gasteiger partial charge in [-0.3, -0.25) is 4.79 Å². The first-order valence-electron chi connectivity index (χ1n) is 8.48. The number of aromatic nitrogens is 1. The number of benzene rings is 2. The van der Waals surface area contributed by atoms with E-state index in [1.807, 2.05) is 54.7 Å². The Morgan fingerprint density at radius 2 is 1.89 bits per heavy atom.